The number of guanidine groups is 1. The van der Waals surface area contributed by atoms with Crippen molar-refractivity contribution >= 4 is 29.9 Å². The fourth-order valence-electron chi connectivity index (χ4n) is 2.43. The molecule has 1 aromatic carbocycles. The zero-order valence-electron chi connectivity index (χ0n) is 17.2. The second kappa shape index (κ2) is 12.5. The first-order valence-electron chi connectivity index (χ1n) is 9.19. The lowest BCUT2D eigenvalue weighted by atomic mass is 9.86. The van der Waals surface area contributed by atoms with Crippen molar-refractivity contribution in [3.05, 3.63) is 35.4 Å². The average Bonchev–Trinajstić information content (AvgIpc) is 2.55. The van der Waals surface area contributed by atoms with Crippen molar-refractivity contribution in [3.63, 3.8) is 0 Å². The van der Waals surface area contributed by atoms with Gasteiger partial charge in [-0.1, -0.05) is 45.0 Å². The first-order chi connectivity index (χ1) is 11.7. The third-order valence-electron chi connectivity index (χ3n) is 4.00. The van der Waals surface area contributed by atoms with Crippen LogP contribution in [-0.2, 0) is 5.41 Å². The molecule has 1 rings (SSSR count). The third-order valence-corrected chi connectivity index (χ3v) is 4.00. The number of halogens is 1. The summed E-state index contributed by atoms with van der Waals surface area (Å²) < 4.78 is 0. The summed E-state index contributed by atoms with van der Waals surface area (Å²) in [4.78, 5) is 6.67. The Balaban J connectivity index is 0.00000625. The van der Waals surface area contributed by atoms with Gasteiger partial charge in [0.2, 0.25) is 0 Å². The van der Waals surface area contributed by atoms with Crippen LogP contribution in [-0.4, -0.2) is 56.2 Å². The number of hydrogen-bond donors (Lipinski definition) is 3. The summed E-state index contributed by atoms with van der Waals surface area (Å²) >= 11 is 0. The highest BCUT2D eigenvalue weighted by atomic mass is 127. The SMILES string of the molecule is CCNC(=NCC(O)c1ccc(C(C)(C)C)cc1)NCCCN(C)C.I. The van der Waals surface area contributed by atoms with E-state index in [0.29, 0.717) is 6.54 Å². The van der Waals surface area contributed by atoms with Gasteiger partial charge in [0.05, 0.1) is 12.6 Å². The molecule has 0 fully saturated rings. The van der Waals surface area contributed by atoms with Crippen molar-refractivity contribution in [3.8, 4) is 0 Å². The molecule has 6 heteroatoms. The van der Waals surface area contributed by atoms with Gasteiger partial charge in [-0.05, 0) is 50.5 Å². The van der Waals surface area contributed by atoms with Crippen molar-refractivity contribution in [2.75, 3.05) is 40.3 Å². The summed E-state index contributed by atoms with van der Waals surface area (Å²) in [5.41, 5.74) is 2.29. The van der Waals surface area contributed by atoms with Gasteiger partial charge in [0.1, 0.15) is 0 Å². The molecule has 0 aliphatic rings. The lowest BCUT2D eigenvalue weighted by Gasteiger charge is -2.20. The summed E-state index contributed by atoms with van der Waals surface area (Å²) in [6.07, 6.45) is 0.458. The smallest absolute Gasteiger partial charge is 0.191 e. The molecule has 26 heavy (non-hydrogen) atoms. The van der Waals surface area contributed by atoms with Crippen molar-refractivity contribution in [1.29, 1.82) is 0 Å². The first-order valence-corrected chi connectivity index (χ1v) is 9.19. The van der Waals surface area contributed by atoms with E-state index < -0.39 is 6.10 Å². The van der Waals surface area contributed by atoms with Crippen molar-refractivity contribution in [1.82, 2.24) is 15.5 Å². The zero-order chi connectivity index (χ0) is 18.9. The van der Waals surface area contributed by atoms with E-state index in [0.717, 1.165) is 37.6 Å². The highest BCUT2D eigenvalue weighted by molar-refractivity contribution is 14.0. The van der Waals surface area contributed by atoms with Gasteiger partial charge in [-0.2, -0.15) is 0 Å². The van der Waals surface area contributed by atoms with Crippen LogP contribution in [0.5, 0.6) is 0 Å². The molecular formula is C20H37IN4O. The number of nitrogens with zero attached hydrogens (tertiary/aromatic N) is 2. The Morgan fingerprint density at radius 2 is 1.77 bits per heavy atom. The largest absolute Gasteiger partial charge is 0.386 e. The summed E-state index contributed by atoms with van der Waals surface area (Å²) in [6, 6.07) is 8.18. The number of benzene rings is 1. The van der Waals surface area contributed by atoms with Crippen LogP contribution in [0.4, 0.5) is 0 Å². The van der Waals surface area contributed by atoms with Gasteiger partial charge in [0, 0.05) is 13.1 Å². The van der Waals surface area contributed by atoms with E-state index in [1.807, 2.05) is 19.1 Å². The van der Waals surface area contributed by atoms with E-state index in [-0.39, 0.29) is 29.4 Å². The molecule has 150 valence electrons. The molecule has 1 atom stereocenters. The van der Waals surface area contributed by atoms with E-state index in [9.17, 15) is 5.11 Å². The predicted molar refractivity (Wildman–Crippen MR) is 123 cm³/mol. The van der Waals surface area contributed by atoms with Crippen LogP contribution >= 0.6 is 24.0 Å². The minimum atomic E-state index is -0.591. The third kappa shape index (κ3) is 9.73. The van der Waals surface area contributed by atoms with Crippen LogP contribution in [0.1, 0.15) is 51.3 Å². The summed E-state index contributed by atoms with van der Waals surface area (Å²) in [7, 11) is 4.14. The van der Waals surface area contributed by atoms with Gasteiger partial charge in [-0.15, -0.1) is 24.0 Å². The van der Waals surface area contributed by atoms with E-state index in [1.54, 1.807) is 0 Å². The second-order valence-electron chi connectivity index (χ2n) is 7.69. The van der Waals surface area contributed by atoms with Gasteiger partial charge >= 0.3 is 0 Å². The first kappa shape index (κ1) is 25.1. The predicted octanol–water partition coefficient (Wildman–Crippen LogP) is 3.14. The Bertz CT molecular complexity index is 524. The van der Waals surface area contributed by atoms with E-state index >= 15 is 0 Å². The molecule has 0 spiro atoms. The van der Waals surface area contributed by atoms with Crippen molar-refractivity contribution < 1.29 is 5.11 Å². The van der Waals surface area contributed by atoms with Crippen LogP contribution in [0.2, 0.25) is 0 Å². The second-order valence-corrected chi connectivity index (χ2v) is 7.69. The molecule has 1 unspecified atom stereocenters. The van der Waals surface area contributed by atoms with Crippen molar-refractivity contribution in [2.24, 2.45) is 4.99 Å². The van der Waals surface area contributed by atoms with Gasteiger partial charge in [-0.25, -0.2) is 0 Å². The highest BCUT2D eigenvalue weighted by Gasteiger charge is 2.14. The molecule has 1 aromatic rings. The van der Waals surface area contributed by atoms with E-state index in [4.69, 9.17) is 0 Å². The molecule has 0 bridgehead atoms. The minimum Gasteiger partial charge on any atom is -0.386 e. The number of hydrogen-bond acceptors (Lipinski definition) is 3. The summed E-state index contributed by atoms with van der Waals surface area (Å²) in [5, 5.41) is 16.9. The lowest BCUT2D eigenvalue weighted by molar-refractivity contribution is 0.187. The summed E-state index contributed by atoms with van der Waals surface area (Å²) in [5.74, 6) is 0.756. The Kier molecular flexibility index (Phi) is 12.1. The molecule has 0 aliphatic heterocycles. The molecule has 3 N–H and O–H groups in total. The van der Waals surface area contributed by atoms with Crippen LogP contribution in [0, 0.1) is 0 Å². The van der Waals surface area contributed by atoms with E-state index in [1.165, 1.54) is 5.56 Å². The fourth-order valence-corrected chi connectivity index (χ4v) is 2.43. The van der Waals surface area contributed by atoms with Crippen molar-refractivity contribution in [2.45, 2.75) is 45.6 Å². The molecule has 0 radical (unpaired) electrons. The lowest BCUT2D eigenvalue weighted by Crippen LogP contribution is -2.38. The Morgan fingerprint density at radius 1 is 1.15 bits per heavy atom. The van der Waals surface area contributed by atoms with E-state index in [2.05, 4.69) is 67.5 Å². The Morgan fingerprint density at radius 3 is 2.27 bits per heavy atom. The van der Waals surface area contributed by atoms with Gasteiger partial charge in [0.25, 0.3) is 0 Å². The maximum Gasteiger partial charge on any atom is 0.191 e. The molecule has 0 amide bonds. The van der Waals surface area contributed by atoms with Crippen LogP contribution in [0.3, 0.4) is 0 Å². The standard InChI is InChI=1S/C20H36N4O.HI/c1-7-21-19(22-13-8-14-24(5)6)23-15-18(25)16-9-11-17(12-10-16)20(2,3)4;/h9-12,18,25H,7-8,13-15H2,1-6H3,(H2,21,22,23);1H. The zero-order valence-corrected chi connectivity index (χ0v) is 19.5. The number of aliphatic imine (C=N–C) groups is 1. The monoisotopic (exact) mass is 476 g/mol. The molecule has 5 nitrogen and oxygen atoms in total. The molecule has 0 heterocycles. The highest BCUT2D eigenvalue weighted by Crippen LogP contribution is 2.24. The number of nitrogens with one attached hydrogen (secondary N) is 2. The number of rotatable bonds is 8. The molecule has 0 aliphatic carbocycles. The maximum absolute atomic E-state index is 10.4. The quantitative estimate of drug-likeness (QED) is 0.234. The topological polar surface area (TPSA) is 59.9 Å². The molecule has 0 saturated carbocycles. The van der Waals surface area contributed by atoms with Crippen LogP contribution in [0.25, 0.3) is 0 Å². The summed E-state index contributed by atoms with van der Waals surface area (Å²) in [6.45, 7) is 11.6. The Hall–Kier alpha value is -0.860. The van der Waals surface area contributed by atoms with Gasteiger partial charge in [-0.3, -0.25) is 4.99 Å². The van der Waals surface area contributed by atoms with Gasteiger partial charge < -0.3 is 20.6 Å². The molecule has 0 aromatic heterocycles. The Labute approximate surface area is 176 Å². The molecule has 0 saturated heterocycles. The minimum absolute atomic E-state index is 0. The fraction of sp³-hybridized carbons (Fsp3) is 0.650. The van der Waals surface area contributed by atoms with Crippen LogP contribution < -0.4 is 10.6 Å². The normalized spacial score (nSPS) is 13.3. The number of aliphatic hydroxyl groups is 1. The molecular weight excluding hydrogens is 439 g/mol. The average molecular weight is 476 g/mol. The van der Waals surface area contributed by atoms with Crippen LogP contribution in [0.15, 0.2) is 29.3 Å². The maximum atomic E-state index is 10.4. The number of aliphatic hydroxyl groups excluding tert-OH is 1. The van der Waals surface area contributed by atoms with Gasteiger partial charge in [0.15, 0.2) is 5.96 Å².